The number of urea groups is 1. The van der Waals surface area contributed by atoms with Gasteiger partial charge in [0.2, 0.25) is 5.91 Å². The van der Waals surface area contributed by atoms with Crippen LogP contribution in [0.2, 0.25) is 0 Å². The monoisotopic (exact) mass is 463 g/mol. The van der Waals surface area contributed by atoms with Gasteiger partial charge >= 0.3 is 6.03 Å². The topological polar surface area (TPSA) is 76.7 Å². The Labute approximate surface area is 202 Å². The van der Waals surface area contributed by atoms with E-state index in [0.717, 1.165) is 49.9 Å². The lowest BCUT2D eigenvalue weighted by molar-refractivity contribution is -0.135. The van der Waals surface area contributed by atoms with E-state index in [4.69, 9.17) is 0 Å². The second-order valence-corrected chi connectivity index (χ2v) is 9.67. The van der Waals surface area contributed by atoms with Gasteiger partial charge in [-0.15, -0.1) is 0 Å². The van der Waals surface area contributed by atoms with E-state index in [0.29, 0.717) is 25.2 Å². The molecular formula is C27H37N5O2. The molecule has 2 aromatic rings. The van der Waals surface area contributed by atoms with E-state index in [2.05, 4.69) is 40.4 Å². The molecule has 0 spiro atoms. The molecule has 0 aromatic heterocycles. The first kappa shape index (κ1) is 24.2. The summed E-state index contributed by atoms with van der Waals surface area (Å²) in [6, 6.07) is 18.9. The van der Waals surface area contributed by atoms with Gasteiger partial charge in [0.05, 0.1) is 5.92 Å². The van der Waals surface area contributed by atoms with Gasteiger partial charge in [-0.3, -0.25) is 15.6 Å². The SMILES string of the molecule is Cc1cccc(NC(=O)N2CCCC(C(=O)N(C)CCCC3CC(c4ccccc4)NN3)C2)c1. The van der Waals surface area contributed by atoms with E-state index in [1.165, 1.54) is 5.56 Å². The maximum absolute atomic E-state index is 13.1. The molecule has 2 fully saturated rings. The van der Waals surface area contributed by atoms with Crippen LogP contribution in [0.25, 0.3) is 0 Å². The standard InChI is InChI=1S/C27H37N5O2/c1-20-9-6-13-23(17-20)28-27(34)32-16-7-12-22(19-32)26(33)31(2)15-8-14-24-18-25(30-29-24)21-10-4-3-5-11-21/h3-6,9-11,13,17,22,24-25,29-30H,7-8,12,14-16,18-19H2,1-2H3,(H,28,34). The third-order valence-electron chi connectivity index (χ3n) is 6.93. The molecule has 3 amide bonds. The van der Waals surface area contributed by atoms with Gasteiger partial charge in [-0.05, 0) is 62.3 Å². The third kappa shape index (κ3) is 6.36. The Balaban J connectivity index is 1.20. The van der Waals surface area contributed by atoms with Crippen molar-refractivity contribution >= 4 is 17.6 Å². The molecule has 34 heavy (non-hydrogen) atoms. The smallest absolute Gasteiger partial charge is 0.321 e. The lowest BCUT2D eigenvalue weighted by Gasteiger charge is -2.34. The van der Waals surface area contributed by atoms with Crippen molar-refractivity contribution in [2.45, 2.75) is 51.1 Å². The van der Waals surface area contributed by atoms with Crippen molar-refractivity contribution in [3.63, 3.8) is 0 Å². The predicted molar refractivity (Wildman–Crippen MR) is 135 cm³/mol. The van der Waals surface area contributed by atoms with Gasteiger partial charge in [-0.2, -0.15) is 0 Å². The number of amides is 3. The number of likely N-dealkylation sites (tertiary alicyclic amines) is 1. The molecule has 0 radical (unpaired) electrons. The summed E-state index contributed by atoms with van der Waals surface area (Å²) in [4.78, 5) is 29.4. The minimum absolute atomic E-state index is 0.126. The van der Waals surface area contributed by atoms with Crippen LogP contribution < -0.4 is 16.2 Å². The number of benzene rings is 2. The van der Waals surface area contributed by atoms with Crippen molar-refractivity contribution in [3.05, 3.63) is 65.7 Å². The van der Waals surface area contributed by atoms with Gasteiger partial charge in [0.25, 0.3) is 0 Å². The van der Waals surface area contributed by atoms with Crippen molar-refractivity contribution in [2.75, 3.05) is 32.0 Å². The summed E-state index contributed by atoms with van der Waals surface area (Å²) in [5, 5.41) is 2.97. The van der Waals surface area contributed by atoms with Crippen molar-refractivity contribution < 1.29 is 9.59 Å². The van der Waals surface area contributed by atoms with E-state index in [1.54, 1.807) is 4.90 Å². The van der Waals surface area contributed by atoms with Crippen LogP contribution in [0.3, 0.4) is 0 Å². The molecule has 2 aliphatic rings. The number of hydrogen-bond donors (Lipinski definition) is 3. The molecular weight excluding hydrogens is 426 g/mol. The fourth-order valence-corrected chi connectivity index (χ4v) is 5.00. The largest absolute Gasteiger partial charge is 0.345 e. The summed E-state index contributed by atoms with van der Waals surface area (Å²) >= 11 is 0. The summed E-state index contributed by atoms with van der Waals surface area (Å²) in [5.41, 5.74) is 10.0. The number of carbonyl (C=O) groups excluding carboxylic acids is 2. The van der Waals surface area contributed by atoms with Crippen molar-refractivity contribution in [2.24, 2.45) is 5.92 Å². The molecule has 0 saturated carbocycles. The van der Waals surface area contributed by atoms with E-state index in [1.807, 2.05) is 49.2 Å². The molecule has 2 saturated heterocycles. The van der Waals surface area contributed by atoms with Crippen LogP contribution >= 0.6 is 0 Å². The van der Waals surface area contributed by atoms with Crippen LogP contribution in [0.15, 0.2) is 54.6 Å². The van der Waals surface area contributed by atoms with Gasteiger partial charge in [0, 0.05) is 44.5 Å². The Morgan fingerprint density at radius 2 is 1.94 bits per heavy atom. The first-order valence-electron chi connectivity index (χ1n) is 12.4. The summed E-state index contributed by atoms with van der Waals surface area (Å²) in [5.74, 6) is 0.0171. The molecule has 4 rings (SSSR count). The van der Waals surface area contributed by atoms with E-state index < -0.39 is 0 Å². The first-order valence-corrected chi connectivity index (χ1v) is 12.4. The van der Waals surface area contributed by atoms with Crippen LogP contribution in [0, 0.1) is 12.8 Å². The Morgan fingerprint density at radius 3 is 2.74 bits per heavy atom. The van der Waals surface area contributed by atoms with Gasteiger partial charge in [0.15, 0.2) is 0 Å². The van der Waals surface area contributed by atoms with Gasteiger partial charge in [0.1, 0.15) is 0 Å². The Morgan fingerprint density at radius 1 is 1.12 bits per heavy atom. The number of carbonyl (C=O) groups is 2. The predicted octanol–water partition coefficient (Wildman–Crippen LogP) is 4.09. The minimum Gasteiger partial charge on any atom is -0.345 e. The van der Waals surface area contributed by atoms with Crippen molar-refractivity contribution in [1.29, 1.82) is 0 Å². The average molecular weight is 464 g/mol. The zero-order valence-electron chi connectivity index (χ0n) is 20.3. The highest BCUT2D eigenvalue weighted by atomic mass is 16.2. The fraction of sp³-hybridized carbons (Fsp3) is 0.481. The maximum atomic E-state index is 13.1. The molecule has 2 aromatic carbocycles. The lowest BCUT2D eigenvalue weighted by Crippen LogP contribution is -2.47. The average Bonchev–Trinajstić information content (AvgIpc) is 3.33. The lowest BCUT2D eigenvalue weighted by atomic mass is 9.96. The van der Waals surface area contributed by atoms with Crippen LogP contribution in [0.4, 0.5) is 10.5 Å². The van der Waals surface area contributed by atoms with Gasteiger partial charge in [-0.25, -0.2) is 4.79 Å². The number of hydrazine groups is 1. The third-order valence-corrected chi connectivity index (χ3v) is 6.93. The molecule has 182 valence electrons. The number of aryl methyl sites for hydroxylation is 1. The van der Waals surface area contributed by atoms with E-state index >= 15 is 0 Å². The highest BCUT2D eigenvalue weighted by molar-refractivity contribution is 5.90. The first-order chi connectivity index (χ1) is 16.5. The van der Waals surface area contributed by atoms with Crippen LogP contribution in [0.5, 0.6) is 0 Å². The summed E-state index contributed by atoms with van der Waals surface area (Å²) in [7, 11) is 1.89. The van der Waals surface area contributed by atoms with Crippen LogP contribution in [0.1, 0.15) is 49.3 Å². The maximum Gasteiger partial charge on any atom is 0.321 e. The highest BCUT2D eigenvalue weighted by Gasteiger charge is 2.30. The quantitative estimate of drug-likeness (QED) is 0.578. The molecule has 0 aliphatic carbocycles. The number of rotatable bonds is 7. The zero-order valence-corrected chi connectivity index (χ0v) is 20.3. The van der Waals surface area contributed by atoms with E-state index in [-0.39, 0.29) is 17.9 Å². The Kier molecular flexibility index (Phi) is 8.19. The summed E-state index contributed by atoms with van der Waals surface area (Å²) < 4.78 is 0. The molecule has 3 unspecified atom stereocenters. The van der Waals surface area contributed by atoms with Gasteiger partial charge < -0.3 is 15.1 Å². The van der Waals surface area contributed by atoms with Gasteiger partial charge in [-0.1, -0.05) is 42.5 Å². The number of piperidine rings is 1. The number of nitrogens with zero attached hydrogens (tertiary/aromatic N) is 2. The van der Waals surface area contributed by atoms with Crippen LogP contribution in [-0.2, 0) is 4.79 Å². The summed E-state index contributed by atoms with van der Waals surface area (Å²) in [6.45, 7) is 3.91. The second-order valence-electron chi connectivity index (χ2n) is 9.67. The molecule has 3 atom stereocenters. The molecule has 0 bridgehead atoms. The molecule has 7 heteroatoms. The second kappa shape index (κ2) is 11.5. The highest BCUT2D eigenvalue weighted by Crippen LogP contribution is 2.24. The van der Waals surface area contributed by atoms with E-state index in [9.17, 15) is 9.59 Å². The molecule has 2 aliphatic heterocycles. The normalized spacial score (nSPS) is 22.4. The van der Waals surface area contributed by atoms with Crippen molar-refractivity contribution in [1.82, 2.24) is 20.7 Å². The van der Waals surface area contributed by atoms with Crippen molar-refractivity contribution in [3.8, 4) is 0 Å². The number of hydrogen-bond acceptors (Lipinski definition) is 4. The summed E-state index contributed by atoms with van der Waals surface area (Å²) in [6.07, 6.45) is 4.71. The molecule has 3 N–H and O–H groups in total. The Bertz CT molecular complexity index is 967. The molecule has 7 nitrogen and oxygen atoms in total. The molecule has 2 heterocycles. The fourth-order valence-electron chi connectivity index (χ4n) is 5.00. The number of nitrogens with one attached hydrogen (secondary N) is 3. The zero-order chi connectivity index (χ0) is 23.9. The minimum atomic E-state index is -0.129. The Hall–Kier alpha value is -2.90. The van der Waals surface area contributed by atoms with Crippen LogP contribution in [-0.4, -0.2) is 54.5 Å². The number of anilines is 1.